The minimum atomic E-state index is -0.410. The van der Waals surface area contributed by atoms with Crippen molar-refractivity contribution >= 4 is 11.5 Å². The summed E-state index contributed by atoms with van der Waals surface area (Å²) in [6.07, 6.45) is 0. The van der Waals surface area contributed by atoms with Crippen LogP contribution in [0.25, 0.3) is 0 Å². The molecule has 22 heavy (non-hydrogen) atoms. The van der Waals surface area contributed by atoms with Crippen LogP contribution in [0, 0.1) is 10.1 Å². The summed E-state index contributed by atoms with van der Waals surface area (Å²) in [7, 11) is 0. The Morgan fingerprint density at radius 2 is 2.05 bits per heavy atom. The van der Waals surface area contributed by atoms with E-state index in [2.05, 4.69) is 4.99 Å². The first-order valence-corrected chi connectivity index (χ1v) is 6.96. The maximum absolute atomic E-state index is 10.9. The van der Waals surface area contributed by atoms with Gasteiger partial charge in [-0.25, -0.2) is 0 Å². The van der Waals surface area contributed by atoms with Gasteiger partial charge < -0.3 is 10.0 Å². The largest absolute Gasteiger partial charge is 0.508 e. The van der Waals surface area contributed by atoms with E-state index in [9.17, 15) is 15.2 Å². The van der Waals surface area contributed by atoms with Crippen molar-refractivity contribution in [3.63, 3.8) is 0 Å². The molecule has 2 aromatic rings. The summed E-state index contributed by atoms with van der Waals surface area (Å²) < 4.78 is 0. The number of hydrogen-bond donors (Lipinski definition) is 1. The van der Waals surface area contributed by atoms with Crippen LogP contribution < -0.4 is 0 Å². The molecule has 1 aliphatic heterocycles. The van der Waals surface area contributed by atoms with Gasteiger partial charge in [0, 0.05) is 36.3 Å². The smallest absolute Gasteiger partial charge is 0.270 e. The molecule has 6 heteroatoms. The Morgan fingerprint density at radius 3 is 2.82 bits per heavy atom. The van der Waals surface area contributed by atoms with Crippen LogP contribution in [0.4, 0.5) is 5.69 Å². The van der Waals surface area contributed by atoms with Gasteiger partial charge in [-0.15, -0.1) is 0 Å². The number of aliphatic imine (C=N–C) groups is 1. The highest BCUT2D eigenvalue weighted by molar-refractivity contribution is 6.00. The van der Waals surface area contributed by atoms with E-state index in [4.69, 9.17) is 0 Å². The monoisotopic (exact) mass is 297 g/mol. The predicted octanol–water partition coefficient (Wildman–Crippen LogP) is 2.56. The predicted molar refractivity (Wildman–Crippen MR) is 83.0 cm³/mol. The van der Waals surface area contributed by atoms with E-state index in [1.54, 1.807) is 18.2 Å². The molecule has 1 N–H and O–H groups in total. The number of phenolic OH excluding ortho intramolecular Hbond substituents is 1. The third kappa shape index (κ3) is 2.76. The van der Waals surface area contributed by atoms with Crippen molar-refractivity contribution in [1.29, 1.82) is 0 Å². The van der Waals surface area contributed by atoms with Crippen LogP contribution in [0.2, 0.25) is 0 Å². The van der Waals surface area contributed by atoms with Gasteiger partial charge in [0.2, 0.25) is 0 Å². The molecule has 0 fully saturated rings. The van der Waals surface area contributed by atoms with E-state index in [0.29, 0.717) is 13.1 Å². The van der Waals surface area contributed by atoms with Gasteiger partial charge in [0.15, 0.2) is 0 Å². The van der Waals surface area contributed by atoms with E-state index in [1.165, 1.54) is 12.1 Å². The summed E-state index contributed by atoms with van der Waals surface area (Å²) in [6.45, 7) is 1.90. The van der Waals surface area contributed by atoms with Crippen LogP contribution in [-0.2, 0) is 6.54 Å². The van der Waals surface area contributed by atoms with Crippen molar-refractivity contribution in [3.8, 4) is 5.75 Å². The van der Waals surface area contributed by atoms with E-state index in [-0.39, 0.29) is 11.4 Å². The van der Waals surface area contributed by atoms with E-state index in [1.807, 2.05) is 23.1 Å². The Kier molecular flexibility index (Phi) is 3.74. The maximum Gasteiger partial charge on any atom is 0.270 e. The highest BCUT2D eigenvalue weighted by Crippen LogP contribution is 2.22. The lowest BCUT2D eigenvalue weighted by Crippen LogP contribution is -2.28. The first-order valence-electron chi connectivity index (χ1n) is 6.96. The molecule has 3 rings (SSSR count). The van der Waals surface area contributed by atoms with E-state index in [0.717, 1.165) is 23.5 Å². The van der Waals surface area contributed by atoms with Crippen molar-refractivity contribution in [2.75, 3.05) is 13.1 Å². The second kappa shape index (κ2) is 5.85. The van der Waals surface area contributed by atoms with Gasteiger partial charge in [0.1, 0.15) is 11.6 Å². The molecule has 0 aliphatic carbocycles. The first kappa shape index (κ1) is 14.1. The van der Waals surface area contributed by atoms with Gasteiger partial charge in [0.05, 0.1) is 11.5 Å². The maximum atomic E-state index is 10.9. The summed E-state index contributed by atoms with van der Waals surface area (Å²) in [4.78, 5) is 17.0. The molecule has 0 spiro atoms. The van der Waals surface area contributed by atoms with E-state index >= 15 is 0 Å². The second-order valence-electron chi connectivity index (χ2n) is 5.06. The number of hydrogen-bond acceptors (Lipinski definition) is 5. The van der Waals surface area contributed by atoms with Crippen LogP contribution in [-0.4, -0.2) is 33.9 Å². The zero-order valence-corrected chi connectivity index (χ0v) is 11.8. The number of nitrogens with zero attached hydrogens (tertiary/aromatic N) is 3. The fourth-order valence-electron chi connectivity index (χ4n) is 2.52. The van der Waals surface area contributed by atoms with Gasteiger partial charge in [-0.1, -0.05) is 30.3 Å². The molecule has 0 unspecified atom stereocenters. The topological polar surface area (TPSA) is 79.0 Å². The third-order valence-electron chi connectivity index (χ3n) is 3.60. The third-order valence-corrected chi connectivity index (χ3v) is 3.60. The fraction of sp³-hybridized carbons (Fsp3) is 0.188. The SMILES string of the molecule is O=[N+]([O-])c1cccc(C2=NCCN2Cc2ccccc2O)c1. The molecule has 1 heterocycles. The van der Waals surface area contributed by atoms with Gasteiger partial charge in [-0.2, -0.15) is 0 Å². The molecule has 0 saturated heterocycles. The van der Waals surface area contributed by atoms with Gasteiger partial charge >= 0.3 is 0 Å². The number of nitro groups is 1. The zero-order valence-electron chi connectivity index (χ0n) is 11.8. The number of benzene rings is 2. The Labute approximate surface area is 127 Å². The van der Waals surface area contributed by atoms with Crippen molar-refractivity contribution in [2.45, 2.75) is 6.54 Å². The normalized spacial score (nSPS) is 14.0. The Bertz CT molecular complexity index is 743. The highest BCUT2D eigenvalue weighted by Gasteiger charge is 2.21. The van der Waals surface area contributed by atoms with Gasteiger partial charge in [0.25, 0.3) is 5.69 Å². The van der Waals surface area contributed by atoms with Crippen molar-refractivity contribution in [3.05, 3.63) is 69.8 Å². The fourth-order valence-corrected chi connectivity index (χ4v) is 2.52. The molecule has 0 bridgehead atoms. The lowest BCUT2D eigenvalue weighted by molar-refractivity contribution is -0.384. The number of phenols is 1. The molecular weight excluding hydrogens is 282 g/mol. The van der Waals surface area contributed by atoms with Crippen LogP contribution in [0.15, 0.2) is 53.5 Å². The number of nitro benzene ring substituents is 1. The second-order valence-corrected chi connectivity index (χ2v) is 5.06. The quantitative estimate of drug-likeness (QED) is 0.695. The Morgan fingerprint density at radius 1 is 1.23 bits per heavy atom. The summed E-state index contributed by atoms with van der Waals surface area (Å²) in [5, 5.41) is 20.8. The highest BCUT2D eigenvalue weighted by atomic mass is 16.6. The van der Waals surface area contributed by atoms with Crippen molar-refractivity contribution in [1.82, 2.24) is 4.90 Å². The molecule has 0 amide bonds. The average Bonchev–Trinajstić information content (AvgIpc) is 2.98. The standard InChI is InChI=1S/C16H15N3O3/c20-15-7-2-1-4-13(15)11-18-9-8-17-16(18)12-5-3-6-14(10-12)19(21)22/h1-7,10,20H,8-9,11H2. The molecule has 0 atom stereocenters. The van der Waals surface area contributed by atoms with Crippen molar-refractivity contribution < 1.29 is 10.0 Å². The van der Waals surface area contributed by atoms with Gasteiger partial charge in [-0.05, 0) is 6.07 Å². The molecule has 1 aliphatic rings. The van der Waals surface area contributed by atoms with Crippen LogP contribution in [0.1, 0.15) is 11.1 Å². The van der Waals surface area contributed by atoms with Crippen LogP contribution in [0.5, 0.6) is 5.75 Å². The van der Waals surface area contributed by atoms with Crippen LogP contribution in [0.3, 0.4) is 0 Å². The number of rotatable bonds is 4. The van der Waals surface area contributed by atoms with Crippen molar-refractivity contribution in [2.24, 2.45) is 4.99 Å². The number of non-ortho nitro benzene ring substituents is 1. The minimum Gasteiger partial charge on any atom is -0.508 e. The number of aromatic hydroxyl groups is 1. The summed E-state index contributed by atoms with van der Waals surface area (Å²) >= 11 is 0. The lowest BCUT2D eigenvalue weighted by Gasteiger charge is -2.21. The lowest BCUT2D eigenvalue weighted by atomic mass is 10.1. The summed E-state index contributed by atoms with van der Waals surface area (Å²) in [5.74, 6) is 0.972. The average molecular weight is 297 g/mol. The zero-order chi connectivity index (χ0) is 15.5. The summed E-state index contributed by atoms with van der Waals surface area (Å²) in [5.41, 5.74) is 1.58. The molecule has 6 nitrogen and oxygen atoms in total. The number of amidine groups is 1. The minimum absolute atomic E-state index is 0.0506. The van der Waals surface area contributed by atoms with E-state index < -0.39 is 4.92 Å². The molecule has 112 valence electrons. The molecular formula is C16H15N3O3. The number of para-hydroxylation sites is 1. The molecule has 0 aromatic heterocycles. The molecule has 2 aromatic carbocycles. The Balaban J connectivity index is 1.86. The molecule has 0 radical (unpaired) electrons. The summed E-state index contributed by atoms with van der Waals surface area (Å²) in [6, 6.07) is 13.6. The first-order chi connectivity index (χ1) is 10.6. The molecule has 0 saturated carbocycles. The Hall–Kier alpha value is -2.89. The van der Waals surface area contributed by atoms with Gasteiger partial charge in [-0.3, -0.25) is 15.1 Å². The van der Waals surface area contributed by atoms with Crippen LogP contribution >= 0.6 is 0 Å².